The number of nitrogens with zero attached hydrogens (tertiary/aromatic N) is 4. The van der Waals surface area contributed by atoms with Crippen LogP contribution in [0.5, 0.6) is 5.75 Å². The van der Waals surface area contributed by atoms with E-state index in [9.17, 15) is 14.3 Å². The van der Waals surface area contributed by atoms with E-state index in [0.717, 1.165) is 25.3 Å². The molecule has 0 atom stereocenters. The molecule has 2 N–H and O–H groups in total. The fraction of sp³-hybridized carbons (Fsp3) is 0.375. The molecule has 33 heavy (non-hydrogen) atoms. The number of H-pyrrole nitrogens is 1. The number of benzene rings is 1. The second-order valence-corrected chi connectivity index (χ2v) is 8.48. The van der Waals surface area contributed by atoms with Crippen LogP contribution >= 0.6 is 0 Å². The van der Waals surface area contributed by atoms with Gasteiger partial charge in [-0.2, -0.15) is 0 Å². The van der Waals surface area contributed by atoms with E-state index in [4.69, 9.17) is 4.74 Å². The van der Waals surface area contributed by atoms with Gasteiger partial charge in [-0.15, -0.1) is 0 Å². The summed E-state index contributed by atoms with van der Waals surface area (Å²) >= 11 is 0. The second kappa shape index (κ2) is 8.92. The Morgan fingerprint density at radius 2 is 2.00 bits per heavy atom. The first-order chi connectivity index (χ1) is 16.0. The SMILES string of the molecule is Cn1c(=O)[nH]c2c3c(O)c(-c4ccc(COCCN5CCCCC5)nc4)c(F)cc3ncc21. The molecule has 4 aromatic rings. The van der Waals surface area contributed by atoms with E-state index < -0.39 is 5.82 Å². The van der Waals surface area contributed by atoms with Crippen LogP contribution in [0.4, 0.5) is 4.39 Å². The number of rotatable bonds is 6. The summed E-state index contributed by atoms with van der Waals surface area (Å²) in [6, 6.07) is 4.73. The largest absolute Gasteiger partial charge is 0.506 e. The lowest BCUT2D eigenvalue weighted by atomic mass is 10.0. The normalized spacial score (nSPS) is 15.0. The van der Waals surface area contributed by atoms with E-state index in [-0.39, 0.29) is 22.5 Å². The number of piperidine rings is 1. The van der Waals surface area contributed by atoms with E-state index in [0.29, 0.717) is 35.2 Å². The summed E-state index contributed by atoms with van der Waals surface area (Å²) in [5, 5.41) is 11.3. The Morgan fingerprint density at radius 1 is 1.18 bits per heavy atom. The van der Waals surface area contributed by atoms with Crippen molar-refractivity contribution in [3.8, 4) is 16.9 Å². The van der Waals surface area contributed by atoms with Crippen molar-refractivity contribution in [1.82, 2.24) is 24.4 Å². The number of hydrogen-bond donors (Lipinski definition) is 2. The van der Waals surface area contributed by atoms with Gasteiger partial charge < -0.3 is 19.7 Å². The number of likely N-dealkylation sites (tertiary alicyclic amines) is 1. The molecule has 0 saturated carbocycles. The average molecular weight is 452 g/mol. The Morgan fingerprint density at radius 3 is 2.76 bits per heavy atom. The Bertz CT molecular complexity index is 1360. The molecule has 0 unspecified atom stereocenters. The lowest BCUT2D eigenvalue weighted by Crippen LogP contribution is -2.32. The first kappa shape index (κ1) is 21.5. The van der Waals surface area contributed by atoms with Crippen LogP contribution in [0.15, 0.2) is 35.4 Å². The highest BCUT2D eigenvalue weighted by Crippen LogP contribution is 2.39. The van der Waals surface area contributed by atoms with Crippen LogP contribution < -0.4 is 5.69 Å². The summed E-state index contributed by atoms with van der Waals surface area (Å²) < 4.78 is 22.1. The number of ether oxygens (including phenoxy) is 1. The first-order valence-corrected chi connectivity index (χ1v) is 11.2. The predicted molar refractivity (Wildman–Crippen MR) is 124 cm³/mol. The molecule has 5 rings (SSSR count). The van der Waals surface area contributed by atoms with Gasteiger partial charge in [0.15, 0.2) is 0 Å². The number of nitrogens with one attached hydrogen (secondary N) is 1. The van der Waals surface area contributed by atoms with Crippen LogP contribution in [0.2, 0.25) is 0 Å². The van der Waals surface area contributed by atoms with Crippen molar-refractivity contribution in [1.29, 1.82) is 0 Å². The van der Waals surface area contributed by atoms with Gasteiger partial charge >= 0.3 is 5.69 Å². The van der Waals surface area contributed by atoms with Crippen LogP contribution in [0.25, 0.3) is 33.1 Å². The number of imidazole rings is 1. The summed E-state index contributed by atoms with van der Waals surface area (Å²) in [6.07, 6.45) is 6.82. The molecule has 1 aliphatic rings. The minimum Gasteiger partial charge on any atom is -0.506 e. The number of pyridine rings is 2. The van der Waals surface area contributed by atoms with E-state index in [1.807, 2.05) is 0 Å². The monoisotopic (exact) mass is 451 g/mol. The predicted octanol–water partition coefficient (Wildman–Crippen LogP) is 3.32. The van der Waals surface area contributed by atoms with E-state index in [2.05, 4.69) is 19.9 Å². The van der Waals surface area contributed by atoms with E-state index >= 15 is 0 Å². The number of aromatic hydroxyl groups is 1. The van der Waals surface area contributed by atoms with Crippen molar-refractivity contribution in [3.63, 3.8) is 0 Å². The molecule has 0 bridgehead atoms. The molecule has 4 heterocycles. The minimum atomic E-state index is -0.613. The van der Waals surface area contributed by atoms with Gasteiger partial charge in [0.05, 0.1) is 52.6 Å². The average Bonchev–Trinajstić information content (AvgIpc) is 3.11. The molecule has 9 heteroatoms. The topological polar surface area (TPSA) is 96.3 Å². The lowest BCUT2D eigenvalue weighted by Gasteiger charge is -2.26. The summed E-state index contributed by atoms with van der Waals surface area (Å²) in [7, 11) is 1.60. The van der Waals surface area contributed by atoms with Crippen molar-refractivity contribution in [2.75, 3.05) is 26.2 Å². The second-order valence-electron chi connectivity index (χ2n) is 8.48. The van der Waals surface area contributed by atoms with Crippen molar-refractivity contribution in [2.45, 2.75) is 25.9 Å². The van der Waals surface area contributed by atoms with Gasteiger partial charge in [-0.3, -0.25) is 14.5 Å². The zero-order chi connectivity index (χ0) is 22.9. The van der Waals surface area contributed by atoms with Gasteiger partial charge in [-0.25, -0.2) is 9.18 Å². The van der Waals surface area contributed by atoms with Gasteiger partial charge in [0.25, 0.3) is 0 Å². The smallest absolute Gasteiger partial charge is 0.326 e. The van der Waals surface area contributed by atoms with Crippen LogP contribution in [0.1, 0.15) is 25.0 Å². The third-order valence-corrected chi connectivity index (χ3v) is 6.33. The van der Waals surface area contributed by atoms with Gasteiger partial charge in [-0.05, 0) is 32.0 Å². The number of phenolic OH excluding ortho intramolecular Hbond substituents is 1. The van der Waals surface area contributed by atoms with Gasteiger partial charge in [-0.1, -0.05) is 12.5 Å². The number of aromatic amines is 1. The molecular formula is C24H26FN5O3. The van der Waals surface area contributed by atoms with Crippen molar-refractivity contribution < 1.29 is 14.2 Å². The maximum absolute atomic E-state index is 14.9. The standard InChI is InChI=1S/C24H26FN5O3/c1-29-19-13-27-18-11-17(25)20(23(31)21(18)22(19)28-24(29)32)15-5-6-16(26-12-15)14-33-10-9-30-7-3-2-4-8-30/h5-6,11-13,31H,2-4,7-10,14H2,1H3,(H,28,32). The molecule has 0 radical (unpaired) electrons. The first-order valence-electron chi connectivity index (χ1n) is 11.2. The number of halogens is 1. The maximum Gasteiger partial charge on any atom is 0.326 e. The molecule has 0 spiro atoms. The summed E-state index contributed by atoms with van der Waals surface area (Å²) in [6.45, 7) is 4.20. The molecule has 1 aromatic carbocycles. The van der Waals surface area contributed by atoms with Crippen LogP contribution in [-0.4, -0.2) is 55.8 Å². The highest BCUT2D eigenvalue weighted by atomic mass is 19.1. The number of hydrogen-bond acceptors (Lipinski definition) is 6. The maximum atomic E-state index is 14.9. The Hall–Kier alpha value is -3.30. The molecule has 0 amide bonds. The number of fused-ring (bicyclic) bond motifs is 3. The van der Waals surface area contributed by atoms with Crippen LogP contribution in [-0.2, 0) is 18.4 Å². The zero-order valence-electron chi connectivity index (χ0n) is 18.5. The number of aromatic nitrogens is 4. The Kier molecular flexibility index (Phi) is 5.82. The Labute approximate surface area is 189 Å². The van der Waals surface area contributed by atoms with Crippen LogP contribution in [0, 0.1) is 5.82 Å². The van der Waals surface area contributed by atoms with Gasteiger partial charge in [0.1, 0.15) is 11.6 Å². The highest BCUT2D eigenvalue weighted by Gasteiger charge is 2.20. The number of aryl methyl sites for hydroxylation is 1. The highest BCUT2D eigenvalue weighted by molar-refractivity contribution is 6.08. The molecule has 1 fully saturated rings. The molecule has 1 aliphatic heterocycles. The molecular weight excluding hydrogens is 425 g/mol. The Balaban J connectivity index is 1.38. The molecule has 0 aliphatic carbocycles. The van der Waals surface area contributed by atoms with Gasteiger partial charge in [0.2, 0.25) is 0 Å². The zero-order valence-corrected chi connectivity index (χ0v) is 18.5. The fourth-order valence-corrected chi connectivity index (χ4v) is 4.46. The molecule has 1 saturated heterocycles. The molecule has 8 nitrogen and oxygen atoms in total. The minimum absolute atomic E-state index is 0.0200. The van der Waals surface area contributed by atoms with E-state index in [1.54, 1.807) is 19.2 Å². The number of phenols is 1. The van der Waals surface area contributed by atoms with Crippen LogP contribution in [0.3, 0.4) is 0 Å². The third-order valence-electron chi connectivity index (χ3n) is 6.33. The van der Waals surface area contributed by atoms with E-state index in [1.165, 1.54) is 42.3 Å². The third kappa shape index (κ3) is 4.09. The summed E-state index contributed by atoms with van der Waals surface area (Å²) in [4.78, 5) is 25.8. The van der Waals surface area contributed by atoms with Crippen molar-refractivity contribution in [3.05, 3.63) is 52.6 Å². The molecule has 3 aromatic heterocycles. The summed E-state index contributed by atoms with van der Waals surface area (Å²) in [5.41, 5.74) is 2.04. The lowest BCUT2D eigenvalue weighted by molar-refractivity contribution is 0.0845. The van der Waals surface area contributed by atoms with Crippen molar-refractivity contribution in [2.24, 2.45) is 7.05 Å². The quantitative estimate of drug-likeness (QED) is 0.437. The van der Waals surface area contributed by atoms with Crippen molar-refractivity contribution >= 4 is 21.9 Å². The summed E-state index contributed by atoms with van der Waals surface area (Å²) in [5.74, 6) is -0.894. The fourth-order valence-electron chi connectivity index (χ4n) is 4.46. The molecule has 172 valence electrons. The van der Waals surface area contributed by atoms with Gasteiger partial charge in [0, 0.05) is 31.4 Å².